The number of nitrogens with zero attached hydrogens (tertiary/aromatic N) is 2. The molecule has 0 bridgehead atoms. The van der Waals surface area contributed by atoms with Crippen LogP contribution in [-0.4, -0.2) is 58.6 Å². The predicted octanol–water partition coefficient (Wildman–Crippen LogP) is 2.28. The molecule has 0 saturated carbocycles. The monoisotopic (exact) mass is 382 g/mol. The van der Waals surface area contributed by atoms with E-state index in [4.69, 9.17) is 0 Å². The van der Waals surface area contributed by atoms with Crippen molar-refractivity contribution in [2.24, 2.45) is 4.99 Å². The molecule has 0 saturated heterocycles. The summed E-state index contributed by atoms with van der Waals surface area (Å²) in [4.78, 5) is 6.95. The molecule has 0 aliphatic rings. The highest BCUT2D eigenvalue weighted by Crippen LogP contribution is 2.12. The summed E-state index contributed by atoms with van der Waals surface area (Å²) in [7, 11) is -2.93. The molecule has 1 rings (SSSR count). The van der Waals surface area contributed by atoms with Crippen molar-refractivity contribution < 1.29 is 8.42 Å². The zero-order valence-corrected chi connectivity index (χ0v) is 17.3. The first-order valence-electron chi connectivity index (χ1n) is 9.38. The van der Waals surface area contributed by atoms with Crippen LogP contribution in [0.1, 0.15) is 33.6 Å². The molecular formula is C19H34N4O2S. The van der Waals surface area contributed by atoms with Crippen molar-refractivity contribution >= 4 is 21.5 Å². The average molecular weight is 383 g/mol. The molecular weight excluding hydrogens is 348 g/mol. The number of rotatable bonds is 11. The topological polar surface area (TPSA) is 73.8 Å². The lowest BCUT2D eigenvalue weighted by Gasteiger charge is -2.23. The second-order valence-electron chi connectivity index (χ2n) is 6.49. The van der Waals surface area contributed by atoms with E-state index in [2.05, 4.69) is 51.7 Å². The van der Waals surface area contributed by atoms with E-state index in [0.29, 0.717) is 6.42 Å². The van der Waals surface area contributed by atoms with E-state index in [0.717, 1.165) is 38.6 Å². The normalized spacial score (nSPS) is 13.3. The highest BCUT2D eigenvalue weighted by atomic mass is 32.2. The van der Waals surface area contributed by atoms with Crippen molar-refractivity contribution in [1.82, 2.24) is 10.6 Å². The summed E-state index contributed by atoms with van der Waals surface area (Å²) in [6.45, 7) is 9.57. The summed E-state index contributed by atoms with van der Waals surface area (Å²) < 4.78 is 22.6. The number of aliphatic imine (C=N–C) groups is 1. The van der Waals surface area contributed by atoms with Crippen molar-refractivity contribution in [3.63, 3.8) is 0 Å². The summed E-state index contributed by atoms with van der Waals surface area (Å²) in [5.74, 6) is 0.930. The van der Waals surface area contributed by atoms with Crippen LogP contribution in [0.15, 0.2) is 35.3 Å². The fourth-order valence-electron chi connectivity index (χ4n) is 2.58. The Bertz CT molecular complexity index is 632. The van der Waals surface area contributed by atoms with Gasteiger partial charge in [-0.15, -0.1) is 0 Å². The number of hydrogen-bond donors (Lipinski definition) is 2. The van der Waals surface area contributed by atoms with Gasteiger partial charge in [0.05, 0.1) is 5.75 Å². The number of nitrogens with one attached hydrogen (secondary N) is 2. The molecule has 148 valence electrons. The van der Waals surface area contributed by atoms with Crippen molar-refractivity contribution in [1.29, 1.82) is 0 Å². The summed E-state index contributed by atoms with van der Waals surface area (Å²) in [6.07, 6.45) is 2.79. The third kappa shape index (κ3) is 9.65. The van der Waals surface area contributed by atoms with Crippen molar-refractivity contribution in [3.8, 4) is 0 Å². The Morgan fingerprint density at radius 2 is 1.92 bits per heavy atom. The van der Waals surface area contributed by atoms with Crippen LogP contribution < -0.4 is 15.5 Å². The summed E-state index contributed by atoms with van der Waals surface area (Å²) in [5.41, 5.74) is 1.23. The minimum absolute atomic E-state index is 0.0546. The van der Waals surface area contributed by atoms with Gasteiger partial charge < -0.3 is 15.5 Å². The second-order valence-corrected chi connectivity index (χ2v) is 8.75. The molecule has 1 atom stereocenters. The molecule has 1 aromatic carbocycles. The quantitative estimate of drug-likeness (QED) is 0.349. The summed E-state index contributed by atoms with van der Waals surface area (Å²) >= 11 is 0. The molecule has 1 aromatic rings. The van der Waals surface area contributed by atoms with Crippen molar-refractivity contribution in [2.75, 3.05) is 43.1 Å². The molecule has 2 N–H and O–H groups in total. The number of para-hydroxylation sites is 1. The Morgan fingerprint density at radius 3 is 2.50 bits per heavy atom. The zero-order chi connectivity index (χ0) is 19.4. The van der Waals surface area contributed by atoms with Gasteiger partial charge >= 0.3 is 0 Å². The number of benzene rings is 1. The lowest BCUT2D eigenvalue weighted by Crippen LogP contribution is -2.43. The number of anilines is 1. The highest BCUT2D eigenvalue weighted by Gasteiger charge is 2.09. The Morgan fingerprint density at radius 1 is 1.23 bits per heavy atom. The van der Waals surface area contributed by atoms with Gasteiger partial charge in [-0.25, -0.2) is 8.42 Å². The highest BCUT2D eigenvalue weighted by molar-refractivity contribution is 7.90. The number of sulfone groups is 1. The molecule has 0 radical (unpaired) electrons. The second kappa shape index (κ2) is 11.8. The van der Waals surface area contributed by atoms with E-state index >= 15 is 0 Å². The van der Waals surface area contributed by atoms with Gasteiger partial charge in [0.2, 0.25) is 0 Å². The standard InChI is InChI=1S/C19H34N4O2S/c1-5-20-19(22-17(3)13-16-26(4,24)25)21-14-10-15-23(6-2)18-11-8-7-9-12-18/h7-9,11-12,17H,5-6,10,13-16H2,1-4H3,(H2,20,21,22). The lowest BCUT2D eigenvalue weighted by atomic mass is 10.2. The predicted molar refractivity (Wildman–Crippen MR) is 112 cm³/mol. The Labute approximate surface area is 159 Å². The van der Waals surface area contributed by atoms with E-state index in [1.165, 1.54) is 11.9 Å². The van der Waals surface area contributed by atoms with Crippen LogP contribution >= 0.6 is 0 Å². The van der Waals surface area contributed by atoms with Crippen LogP contribution in [0.5, 0.6) is 0 Å². The molecule has 1 unspecified atom stereocenters. The maximum atomic E-state index is 11.3. The third-order valence-corrected chi connectivity index (χ3v) is 4.99. The van der Waals surface area contributed by atoms with E-state index in [9.17, 15) is 8.42 Å². The fraction of sp³-hybridized carbons (Fsp3) is 0.632. The van der Waals surface area contributed by atoms with E-state index in [1.54, 1.807) is 0 Å². The van der Waals surface area contributed by atoms with Gasteiger partial charge in [-0.05, 0) is 45.7 Å². The van der Waals surface area contributed by atoms with Gasteiger partial charge in [-0.3, -0.25) is 4.99 Å². The maximum absolute atomic E-state index is 11.3. The lowest BCUT2D eigenvalue weighted by molar-refractivity contribution is 0.581. The van der Waals surface area contributed by atoms with E-state index in [-0.39, 0.29) is 11.8 Å². The maximum Gasteiger partial charge on any atom is 0.191 e. The molecule has 0 fully saturated rings. The first kappa shape index (κ1) is 22.3. The molecule has 0 aliphatic carbocycles. The Hall–Kier alpha value is -1.76. The van der Waals surface area contributed by atoms with Gasteiger partial charge in [0, 0.05) is 44.2 Å². The largest absolute Gasteiger partial charge is 0.372 e. The number of hydrogen-bond acceptors (Lipinski definition) is 4. The Kier molecular flexibility index (Phi) is 10.1. The first-order valence-corrected chi connectivity index (χ1v) is 11.4. The van der Waals surface area contributed by atoms with Crippen LogP contribution in [0.3, 0.4) is 0 Å². The van der Waals surface area contributed by atoms with Gasteiger partial charge in [-0.1, -0.05) is 18.2 Å². The smallest absolute Gasteiger partial charge is 0.191 e. The minimum atomic E-state index is -2.93. The fourth-order valence-corrected chi connectivity index (χ4v) is 3.36. The minimum Gasteiger partial charge on any atom is -0.372 e. The first-order chi connectivity index (χ1) is 12.4. The van der Waals surface area contributed by atoms with Crippen molar-refractivity contribution in [3.05, 3.63) is 30.3 Å². The molecule has 6 nitrogen and oxygen atoms in total. The molecule has 0 spiro atoms. The molecule has 7 heteroatoms. The van der Waals surface area contributed by atoms with Crippen LogP contribution in [0, 0.1) is 0 Å². The van der Waals surface area contributed by atoms with E-state index < -0.39 is 9.84 Å². The molecule has 0 amide bonds. The number of guanidine groups is 1. The average Bonchev–Trinajstić information content (AvgIpc) is 2.60. The van der Waals surface area contributed by atoms with Crippen molar-refractivity contribution in [2.45, 2.75) is 39.7 Å². The molecule has 0 aliphatic heterocycles. The third-order valence-electron chi connectivity index (χ3n) is 4.01. The van der Waals surface area contributed by atoms with Crippen LogP contribution in [-0.2, 0) is 9.84 Å². The van der Waals surface area contributed by atoms with Crippen LogP contribution in [0.4, 0.5) is 5.69 Å². The van der Waals surface area contributed by atoms with E-state index in [1.807, 2.05) is 19.9 Å². The van der Waals surface area contributed by atoms with Crippen LogP contribution in [0.25, 0.3) is 0 Å². The Balaban J connectivity index is 2.47. The molecule has 0 aromatic heterocycles. The summed E-state index contributed by atoms with van der Waals surface area (Å²) in [5, 5.41) is 6.51. The SMILES string of the molecule is CCNC(=NCCCN(CC)c1ccccc1)NC(C)CCS(C)(=O)=O. The van der Waals surface area contributed by atoms with Gasteiger partial charge in [0.1, 0.15) is 9.84 Å². The van der Waals surface area contributed by atoms with Crippen LogP contribution in [0.2, 0.25) is 0 Å². The van der Waals surface area contributed by atoms with Gasteiger partial charge in [0.25, 0.3) is 0 Å². The summed E-state index contributed by atoms with van der Waals surface area (Å²) in [6, 6.07) is 10.5. The van der Waals surface area contributed by atoms with Gasteiger partial charge in [-0.2, -0.15) is 0 Å². The molecule has 26 heavy (non-hydrogen) atoms. The van der Waals surface area contributed by atoms with Gasteiger partial charge in [0.15, 0.2) is 5.96 Å². The molecule has 0 heterocycles. The zero-order valence-electron chi connectivity index (χ0n) is 16.5.